The van der Waals surface area contributed by atoms with Gasteiger partial charge in [0.25, 0.3) is 0 Å². The SMILES string of the molecule is CC1CN(c2cccc(Cl)c2C#N)CC(C)O1. The van der Waals surface area contributed by atoms with Gasteiger partial charge in [0, 0.05) is 13.1 Å². The van der Waals surface area contributed by atoms with Gasteiger partial charge in [0.1, 0.15) is 6.07 Å². The van der Waals surface area contributed by atoms with Crippen molar-refractivity contribution in [2.24, 2.45) is 0 Å². The number of ether oxygens (including phenoxy) is 1. The molecule has 0 spiro atoms. The van der Waals surface area contributed by atoms with Gasteiger partial charge < -0.3 is 9.64 Å². The number of hydrogen-bond acceptors (Lipinski definition) is 3. The van der Waals surface area contributed by atoms with Crippen molar-refractivity contribution >= 4 is 17.3 Å². The van der Waals surface area contributed by atoms with Gasteiger partial charge in [0.2, 0.25) is 0 Å². The van der Waals surface area contributed by atoms with Gasteiger partial charge in [-0.05, 0) is 26.0 Å². The summed E-state index contributed by atoms with van der Waals surface area (Å²) in [5.74, 6) is 0. The summed E-state index contributed by atoms with van der Waals surface area (Å²) in [6.45, 7) is 5.66. The summed E-state index contributed by atoms with van der Waals surface area (Å²) >= 11 is 6.04. The first-order chi connectivity index (χ1) is 8.11. The summed E-state index contributed by atoms with van der Waals surface area (Å²) in [7, 11) is 0. The van der Waals surface area contributed by atoms with Crippen LogP contribution < -0.4 is 4.90 Å². The number of nitriles is 1. The zero-order valence-corrected chi connectivity index (χ0v) is 10.7. The predicted molar refractivity (Wildman–Crippen MR) is 68.4 cm³/mol. The lowest BCUT2D eigenvalue weighted by Gasteiger charge is -2.37. The van der Waals surface area contributed by atoms with Crippen LogP contribution >= 0.6 is 11.6 Å². The number of anilines is 1. The smallest absolute Gasteiger partial charge is 0.103 e. The second-order valence-corrected chi connectivity index (χ2v) is 4.82. The average Bonchev–Trinajstić information content (AvgIpc) is 2.27. The van der Waals surface area contributed by atoms with Crippen LogP contribution in [0.2, 0.25) is 5.02 Å². The summed E-state index contributed by atoms with van der Waals surface area (Å²) in [5, 5.41) is 9.68. The quantitative estimate of drug-likeness (QED) is 0.769. The fourth-order valence-corrected chi connectivity index (χ4v) is 2.47. The van der Waals surface area contributed by atoms with Crippen molar-refractivity contribution < 1.29 is 4.74 Å². The molecule has 1 fully saturated rings. The highest BCUT2D eigenvalue weighted by molar-refractivity contribution is 6.32. The maximum Gasteiger partial charge on any atom is 0.103 e. The predicted octanol–water partition coefficient (Wildman–Crippen LogP) is 2.83. The Kier molecular flexibility index (Phi) is 3.56. The molecule has 1 aromatic rings. The molecule has 17 heavy (non-hydrogen) atoms. The van der Waals surface area contributed by atoms with Crippen molar-refractivity contribution in [1.29, 1.82) is 5.26 Å². The van der Waals surface area contributed by atoms with Crippen molar-refractivity contribution in [2.45, 2.75) is 26.1 Å². The first kappa shape index (κ1) is 12.2. The zero-order valence-electron chi connectivity index (χ0n) is 9.98. The van der Waals surface area contributed by atoms with E-state index in [2.05, 4.69) is 11.0 Å². The normalized spacial score (nSPS) is 24.5. The molecule has 1 aromatic carbocycles. The van der Waals surface area contributed by atoms with E-state index >= 15 is 0 Å². The van der Waals surface area contributed by atoms with E-state index in [9.17, 15) is 0 Å². The van der Waals surface area contributed by atoms with Crippen molar-refractivity contribution in [1.82, 2.24) is 0 Å². The molecule has 2 rings (SSSR count). The fourth-order valence-electron chi connectivity index (χ4n) is 2.26. The van der Waals surface area contributed by atoms with E-state index in [1.165, 1.54) is 0 Å². The number of nitrogens with zero attached hydrogens (tertiary/aromatic N) is 2. The number of rotatable bonds is 1. The third-order valence-electron chi connectivity index (χ3n) is 2.86. The molecule has 90 valence electrons. The van der Waals surface area contributed by atoms with E-state index in [1.807, 2.05) is 26.0 Å². The monoisotopic (exact) mass is 250 g/mol. The first-order valence-corrected chi connectivity index (χ1v) is 6.08. The molecule has 0 aromatic heterocycles. The summed E-state index contributed by atoms with van der Waals surface area (Å²) in [4.78, 5) is 2.17. The third kappa shape index (κ3) is 2.54. The molecule has 2 atom stereocenters. The van der Waals surface area contributed by atoms with Crippen molar-refractivity contribution in [3.05, 3.63) is 28.8 Å². The van der Waals surface area contributed by atoms with Gasteiger partial charge in [-0.1, -0.05) is 17.7 Å². The van der Waals surface area contributed by atoms with Crippen LogP contribution in [-0.2, 0) is 4.74 Å². The number of benzene rings is 1. The lowest BCUT2D eigenvalue weighted by Crippen LogP contribution is -2.45. The molecular weight excluding hydrogens is 236 g/mol. The van der Waals surface area contributed by atoms with Gasteiger partial charge in [0.15, 0.2) is 0 Å². The van der Waals surface area contributed by atoms with Crippen LogP contribution in [0.3, 0.4) is 0 Å². The molecule has 0 aliphatic carbocycles. The molecule has 4 heteroatoms. The van der Waals surface area contributed by atoms with Crippen LogP contribution in [0.5, 0.6) is 0 Å². The highest BCUT2D eigenvalue weighted by atomic mass is 35.5. The lowest BCUT2D eigenvalue weighted by atomic mass is 10.1. The van der Waals surface area contributed by atoms with E-state index in [0.717, 1.165) is 18.8 Å². The van der Waals surface area contributed by atoms with E-state index in [0.29, 0.717) is 10.6 Å². The van der Waals surface area contributed by atoms with Crippen LogP contribution in [0.1, 0.15) is 19.4 Å². The Bertz CT molecular complexity index is 445. The number of morpholine rings is 1. The minimum atomic E-state index is 0.171. The van der Waals surface area contributed by atoms with E-state index in [4.69, 9.17) is 21.6 Å². The standard InChI is InChI=1S/C13H15ClN2O/c1-9-7-16(8-10(2)17-9)13-5-3-4-12(14)11(13)6-15/h3-5,9-10H,7-8H2,1-2H3. The molecule has 0 bridgehead atoms. The van der Waals surface area contributed by atoms with Gasteiger partial charge >= 0.3 is 0 Å². The van der Waals surface area contributed by atoms with Gasteiger partial charge in [-0.25, -0.2) is 0 Å². The Morgan fingerprint density at radius 1 is 1.35 bits per heavy atom. The minimum absolute atomic E-state index is 0.171. The Hall–Kier alpha value is -1.24. The lowest BCUT2D eigenvalue weighted by molar-refractivity contribution is -0.00522. The maximum absolute atomic E-state index is 9.17. The topological polar surface area (TPSA) is 36.3 Å². The van der Waals surface area contributed by atoms with Crippen LogP contribution in [0.25, 0.3) is 0 Å². The molecule has 0 amide bonds. The van der Waals surface area contributed by atoms with Crippen molar-refractivity contribution in [3.63, 3.8) is 0 Å². The second-order valence-electron chi connectivity index (χ2n) is 4.41. The highest BCUT2D eigenvalue weighted by Gasteiger charge is 2.24. The van der Waals surface area contributed by atoms with Gasteiger partial charge in [-0.2, -0.15) is 5.26 Å². The fraction of sp³-hybridized carbons (Fsp3) is 0.462. The maximum atomic E-state index is 9.17. The minimum Gasteiger partial charge on any atom is -0.372 e. The molecule has 0 radical (unpaired) electrons. The third-order valence-corrected chi connectivity index (χ3v) is 3.18. The number of halogens is 1. The zero-order chi connectivity index (χ0) is 12.4. The van der Waals surface area contributed by atoms with Crippen LogP contribution in [0.15, 0.2) is 18.2 Å². The summed E-state index contributed by atoms with van der Waals surface area (Å²) < 4.78 is 5.68. The van der Waals surface area contributed by atoms with Crippen LogP contribution in [0, 0.1) is 11.3 Å². The summed E-state index contributed by atoms with van der Waals surface area (Å²) in [5.41, 5.74) is 1.46. The molecule has 1 aliphatic heterocycles. The Morgan fingerprint density at radius 2 is 2.00 bits per heavy atom. The Morgan fingerprint density at radius 3 is 2.59 bits per heavy atom. The molecule has 2 unspecified atom stereocenters. The molecule has 0 N–H and O–H groups in total. The molecular formula is C13H15ClN2O. The number of hydrogen-bond donors (Lipinski definition) is 0. The molecule has 1 saturated heterocycles. The summed E-state index contributed by atoms with van der Waals surface area (Å²) in [6, 6.07) is 7.74. The first-order valence-electron chi connectivity index (χ1n) is 5.71. The second kappa shape index (κ2) is 4.95. The van der Waals surface area contributed by atoms with E-state index in [-0.39, 0.29) is 12.2 Å². The molecule has 0 saturated carbocycles. The van der Waals surface area contributed by atoms with Crippen molar-refractivity contribution in [3.8, 4) is 6.07 Å². The Balaban J connectivity index is 2.34. The van der Waals surface area contributed by atoms with E-state index in [1.54, 1.807) is 6.07 Å². The molecule has 1 heterocycles. The average molecular weight is 251 g/mol. The van der Waals surface area contributed by atoms with Crippen LogP contribution in [0.4, 0.5) is 5.69 Å². The molecule has 1 aliphatic rings. The largest absolute Gasteiger partial charge is 0.372 e. The van der Waals surface area contributed by atoms with Crippen molar-refractivity contribution in [2.75, 3.05) is 18.0 Å². The summed E-state index contributed by atoms with van der Waals surface area (Å²) in [6.07, 6.45) is 0.341. The van der Waals surface area contributed by atoms with Gasteiger partial charge in [0.05, 0.1) is 28.5 Å². The van der Waals surface area contributed by atoms with Gasteiger partial charge in [-0.15, -0.1) is 0 Å². The van der Waals surface area contributed by atoms with Crippen LogP contribution in [-0.4, -0.2) is 25.3 Å². The molecule has 3 nitrogen and oxygen atoms in total. The Labute approximate surface area is 107 Å². The van der Waals surface area contributed by atoms with E-state index < -0.39 is 0 Å². The highest BCUT2D eigenvalue weighted by Crippen LogP contribution is 2.28. The van der Waals surface area contributed by atoms with Gasteiger partial charge in [-0.3, -0.25) is 0 Å².